The van der Waals surface area contributed by atoms with Crippen molar-refractivity contribution >= 4 is 22.6 Å². The van der Waals surface area contributed by atoms with Crippen molar-refractivity contribution in [1.29, 1.82) is 0 Å². The third-order valence-electron chi connectivity index (χ3n) is 2.03. The summed E-state index contributed by atoms with van der Waals surface area (Å²) in [4.78, 5) is 0. The van der Waals surface area contributed by atoms with Crippen LogP contribution in [-0.2, 0) is 0 Å². The molecule has 1 aromatic rings. The molecule has 0 fully saturated rings. The zero-order valence-electron chi connectivity index (χ0n) is 8.09. The molecule has 0 bridgehead atoms. The molecule has 1 rings (SSSR count). The molecule has 0 saturated heterocycles. The zero-order valence-corrected chi connectivity index (χ0v) is 10.2. The smallest absolute Gasteiger partial charge is 0.119 e. The summed E-state index contributed by atoms with van der Waals surface area (Å²) >= 11 is 2.29. The van der Waals surface area contributed by atoms with E-state index in [1.807, 2.05) is 12.1 Å². The van der Waals surface area contributed by atoms with Crippen molar-refractivity contribution in [3.8, 4) is 5.75 Å². The van der Waals surface area contributed by atoms with E-state index in [0.29, 0.717) is 6.10 Å². The van der Waals surface area contributed by atoms with E-state index in [1.54, 1.807) is 0 Å². The van der Waals surface area contributed by atoms with Crippen molar-refractivity contribution in [2.24, 2.45) is 0 Å². The van der Waals surface area contributed by atoms with Crippen LogP contribution in [0.3, 0.4) is 0 Å². The molecular formula is C11H15IO. The highest BCUT2D eigenvalue weighted by Crippen LogP contribution is 2.16. The Morgan fingerprint density at radius 1 is 1.15 bits per heavy atom. The lowest BCUT2D eigenvalue weighted by molar-refractivity contribution is 0.193. The molecule has 0 aromatic heterocycles. The van der Waals surface area contributed by atoms with Gasteiger partial charge in [0.2, 0.25) is 0 Å². The Morgan fingerprint density at radius 2 is 1.69 bits per heavy atom. The Kier molecular flexibility index (Phi) is 4.56. The van der Waals surface area contributed by atoms with Crippen molar-refractivity contribution in [3.63, 3.8) is 0 Å². The minimum absolute atomic E-state index is 0.361. The number of rotatable bonds is 4. The molecule has 13 heavy (non-hydrogen) atoms. The fraction of sp³-hybridized carbons (Fsp3) is 0.455. The summed E-state index contributed by atoms with van der Waals surface area (Å²) in [7, 11) is 0. The fourth-order valence-corrected chi connectivity index (χ4v) is 1.52. The first-order chi connectivity index (χ1) is 6.26. The molecular weight excluding hydrogens is 275 g/mol. The van der Waals surface area contributed by atoms with E-state index >= 15 is 0 Å². The van der Waals surface area contributed by atoms with Gasteiger partial charge in [-0.2, -0.15) is 0 Å². The lowest BCUT2D eigenvalue weighted by Gasteiger charge is -2.15. The standard InChI is InChI=1S/C11H15IO/c1-3-10(4-2)13-11-7-5-9(12)6-8-11/h5-8,10H,3-4H2,1-2H3. The van der Waals surface area contributed by atoms with Crippen LogP contribution in [0.4, 0.5) is 0 Å². The first-order valence-corrected chi connectivity index (χ1v) is 5.76. The Morgan fingerprint density at radius 3 is 2.15 bits per heavy atom. The van der Waals surface area contributed by atoms with Gasteiger partial charge in [-0.15, -0.1) is 0 Å². The summed E-state index contributed by atoms with van der Waals surface area (Å²) in [5.74, 6) is 0.981. The monoisotopic (exact) mass is 290 g/mol. The molecule has 0 amide bonds. The molecule has 0 spiro atoms. The second-order valence-electron chi connectivity index (χ2n) is 3.01. The summed E-state index contributed by atoms with van der Waals surface area (Å²) < 4.78 is 7.01. The Bertz CT molecular complexity index is 239. The average Bonchev–Trinajstić information content (AvgIpc) is 2.17. The number of ether oxygens (including phenoxy) is 1. The van der Waals surface area contributed by atoms with Crippen molar-refractivity contribution in [1.82, 2.24) is 0 Å². The third kappa shape index (κ3) is 3.55. The minimum atomic E-state index is 0.361. The normalized spacial score (nSPS) is 10.5. The van der Waals surface area contributed by atoms with E-state index in [0.717, 1.165) is 18.6 Å². The molecule has 0 aliphatic rings. The summed E-state index contributed by atoms with van der Waals surface area (Å²) in [5.41, 5.74) is 0. The van der Waals surface area contributed by atoms with Crippen LogP contribution in [0.1, 0.15) is 26.7 Å². The molecule has 0 N–H and O–H groups in total. The summed E-state index contributed by atoms with van der Waals surface area (Å²) in [5, 5.41) is 0. The van der Waals surface area contributed by atoms with Crippen LogP contribution in [0.15, 0.2) is 24.3 Å². The highest BCUT2D eigenvalue weighted by molar-refractivity contribution is 14.1. The molecule has 0 unspecified atom stereocenters. The largest absolute Gasteiger partial charge is 0.490 e. The number of halogens is 1. The van der Waals surface area contributed by atoms with Gasteiger partial charge in [-0.3, -0.25) is 0 Å². The molecule has 0 radical (unpaired) electrons. The maximum absolute atomic E-state index is 5.76. The quantitative estimate of drug-likeness (QED) is 0.765. The van der Waals surface area contributed by atoms with Gasteiger partial charge in [-0.25, -0.2) is 0 Å². The third-order valence-corrected chi connectivity index (χ3v) is 2.75. The lowest BCUT2D eigenvalue weighted by Crippen LogP contribution is -2.13. The van der Waals surface area contributed by atoms with E-state index in [4.69, 9.17) is 4.74 Å². The van der Waals surface area contributed by atoms with Gasteiger partial charge in [0.15, 0.2) is 0 Å². The topological polar surface area (TPSA) is 9.23 Å². The van der Waals surface area contributed by atoms with E-state index in [-0.39, 0.29) is 0 Å². The van der Waals surface area contributed by atoms with Gasteiger partial charge in [0.05, 0.1) is 6.10 Å². The average molecular weight is 290 g/mol. The number of hydrogen-bond acceptors (Lipinski definition) is 1. The van der Waals surface area contributed by atoms with Crippen molar-refractivity contribution in [2.45, 2.75) is 32.8 Å². The first kappa shape index (κ1) is 10.8. The summed E-state index contributed by atoms with van der Waals surface area (Å²) in [6, 6.07) is 8.19. The van der Waals surface area contributed by atoms with Crippen LogP contribution in [0.2, 0.25) is 0 Å². The highest BCUT2D eigenvalue weighted by atomic mass is 127. The SMILES string of the molecule is CCC(CC)Oc1ccc(I)cc1. The van der Waals surface area contributed by atoms with Crippen LogP contribution in [0.5, 0.6) is 5.75 Å². The van der Waals surface area contributed by atoms with E-state index in [2.05, 4.69) is 48.6 Å². The zero-order chi connectivity index (χ0) is 9.68. The van der Waals surface area contributed by atoms with Gasteiger partial charge in [0, 0.05) is 3.57 Å². The first-order valence-electron chi connectivity index (χ1n) is 4.68. The maximum Gasteiger partial charge on any atom is 0.119 e. The Hall–Kier alpha value is -0.250. The number of benzene rings is 1. The van der Waals surface area contributed by atoms with Crippen molar-refractivity contribution in [3.05, 3.63) is 27.8 Å². The predicted octanol–water partition coefficient (Wildman–Crippen LogP) is 3.86. The Labute approximate surface area is 93.6 Å². The van der Waals surface area contributed by atoms with Crippen LogP contribution >= 0.6 is 22.6 Å². The molecule has 0 aliphatic carbocycles. The van der Waals surface area contributed by atoms with Crippen LogP contribution < -0.4 is 4.74 Å². The number of hydrogen-bond donors (Lipinski definition) is 0. The van der Waals surface area contributed by atoms with Gasteiger partial charge in [-0.05, 0) is 59.7 Å². The van der Waals surface area contributed by atoms with Crippen LogP contribution in [-0.4, -0.2) is 6.10 Å². The van der Waals surface area contributed by atoms with Crippen molar-refractivity contribution < 1.29 is 4.74 Å². The molecule has 72 valence electrons. The maximum atomic E-state index is 5.76. The van der Waals surface area contributed by atoms with Crippen LogP contribution in [0.25, 0.3) is 0 Å². The molecule has 1 aromatic carbocycles. The molecule has 2 heteroatoms. The van der Waals surface area contributed by atoms with Crippen molar-refractivity contribution in [2.75, 3.05) is 0 Å². The van der Waals surface area contributed by atoms with Crippen LogP contribution in [0, 0.1) is 3.57 Å². The second kappa shape index (κ2) is 5.47. The van der Waals surface area contributed by atoms with Gasteiger partial charge in [0.25, 0.3) is 0 Å². The molecule has 0 heterocycles. The molecule has 0 atom stereocenters. The molecule has 0 aliphatic heterocycles. The minimum Gasteiger partial charge on any atom is -0.490 e. The lowest BCUT2D eigenvalue weighted by atomic mass is 10.2. The summed E-state index contributed by atoms with van der Waals surface area (Å²) in [6.45, 7) is 4.31. The van der Waals surface area contributed by atoms with E-state index in [9.17, 15) is 0 Å². The Balaban J connectivity index is 2.58. The van der Waals surface area contributed by atoms with Gasteiger partial charge >= 0.3 is 0 Å². The molecule has 1 nitrogen and oxygen atoms in total. The predicted molar refractivity (Wildman–Crippen MR) is 64.2 cm³/mol. The van der Waals surface area contributed by atoms with E-state index < -0.39 is 0 Å². The van der Waals surface area contributed by atoms with Gasteiger partial charge < -0.3 is 4.74 Å². The van der Waals surface area contributed by atoms with Gasteiger partial charge in [0.1, 0.15) is 5.75 Å². The summed E-state index contributed by atoms with van der Waals surface area (Å²) in [6.07, 6.45) is 2.50. The fourth-order valence-electron chi connectivity index (χ4n) is 1.16. The second-order valence-corrected chi connectivity index (χ2v) is 4.26. The highest BCUT2D eigenvalue weighted by Gasteiger charge is 2.03. The van der Waals surface area contributed by atoms with E-state index in [1.165, 1.54) is 3.57 Å². The molecule has 0 saturated carbocycles. The van der Waals surface area contributed by atoms with Gasteiger partial charge in [-0.1, -0.05) is 13.8 Å².